The third-order valence-electron chi connectivity index (χ3n) is 1.93. The molecule has 1 atom stereocenters. The molecule has 1 N–H and O–H groups in total. The summed E-state index contributed by atoms with van der Waals surface area (Å²) in [6, 6.07) is 0.369. The maximum atomic E-state index is 11.7. The van der Waals surface area contributed by atoms with Crippen molar-refractivity contribution in [3.05, 3.63) is 0 Å². The lowest BCUT2D eigenvalue weighted by atomic mass is 10.1. The Hall–Kier alpha value is 0.100. The smallest absolute Gasteiger partial charge is 0.313 e. The largest absolute Gasteiger partial charge is 0.441 e. The number of halogens is 3. The Balaban J connectivity index is 3.42. The zero-order valence-corrected chi connectivity index (χ0v) is 9.47. The lowest BCUT2D eigenvalue weighted by Gasteiger charge is -2.15. The van der Waals surface area contributed by atoms with E-state index in [0.29, 0.717) is 12.6 Å². The van der Waals surface area contributed by atoms with Gasteiger partial charge in [-0.3, -0.25) is 0 Å². The molecular formula is C9H18F3NS. The van der Waals surface area contributed by atoms with Gasteiger partial charge in [0, 0.05) is 18.3 Å². The normalized spacial score (nSPS) is 14.4. The SMILES string of the molecule is CCCC(CC)NCCSC(F)(F)F. The van der Waals surface area contributed by atoms with Gasteiger partial charge in [-0.2, -0.15) is 13.2 Å². The van der Waals surface area contributed by atoms with Crippen LogP contribution in [0, 0.1) is 0 Å². The number of hydrogen-bond acceptors (Lipinski definition) is 2. The molecule has 1 unspecified atom stereocenters. The molecule has 0 aliphatic heterocycles. The van der Waals surface area contributed by atoms with Gasteiger partial charge in [-0.25, -0.2) is 0 Å². The van der Waals surface area contributed by atoms with Gasteiger partial charge < -0.3 is 5.32 Å². The predicted octanol–water partition coefficient (Wildman–Crippen LogP) is 3.41. The Morgan fingerprint density at radius 3 is 2.36 bits per heavy atom. The van der Waals surface area contributed by atoms with E-state index in [1.165, 1.54) is 0 Å². The lowest BCUT2D eigenvalue weighted by Crippen LogP contribution is -2.30. The summed E-state index contributed by atoms with van der Waals surface area (Å²) in [6.07, 6.45) is 3.08. The van der Waals surface area contributed by atoms with Crippen LogP contribution in [0.3, 0.4) is 0 Å². The fourth-order valence-corrected chi connectivity index (χ4v) is 1.68. The van der Waals surface area contributed by atoms with E-state index >= 15 is 0 Å². The highest BCUT2D eigenvalue weighted by Crippen LogP contribution is 2.29. The van der Waals surface area contributed by atoms with Crippen molar-refractivity contribution in [2.45, 2.75) is 44.7 Å². The molecule has 0 heterocycles. The van der Waals surface area contributed by atoms with Crippen LogP contribution in [0.5, 0.6) is 0 Å². The van der Waals surface area contributed by atoms with E-state index in [1.54, 1.807) is 0 Å². The molecule has 0 saturated carbocycles. The number of thioether (sulfide) groups is 1. The van der Waals surface area contributed by atoms with E-state index in [-0.39, 0.29) is 17.5 Å². The highest BCUT2D eigenvalue weighted by atomic mass is 32.2. The molecule has 0 bridgehead atoms. The summed E-state index contributed by atoms with van der Waals surface area (Å²) in [6.45, 7) is 4.56. The quantitative estimate of drug-likeness (QED) is 0.671. The van der Waals surface area contributed by atoms with Crippen LogP contribution in [0.25, 0.3) is 0 Å². The summed E-state index contributed by atoms with van der Waals surface area (Å²) in [4.78, 5) is 0. The van der Waals surface area contributed by atoms with Crippen molar-refractivity contribution < 1.29 is 13.2 Å². The molecule has 0 aliphatic carbocycles. The Labute approximate surface area is 87.8 Å². The number of nitrogens with one attached hydrogen (secondary N) is 1. The standard InChI is InChI=1S/C9H18F3NS/c1-3-5-8(4-2)13-6-7-14-9(10,11)12/h8,13H,3-7H2,1-2H3. The fraction of sp³-hybridized carbons (Fsp3) is 1.00. The molecule has 0 spiro atoms. The van der Waals surface area contributed by atoms with Gasteiger partial charge in [-0.15, -0.1) is 0 Å². The first-order chi connectivity index (χ1) is 6.49. The molecule has 0 amide bonds. The first-order valence-corrected chi connectivity index (χ1v) is 5.92. The third-order valence-corrected chi connectivity index (χ3v) is 2.67. The van der Waals surface area contributed by atoms with E-state index < -0.39 is 5.51 Å². The molecule has 0 aromatic heterocycles. The van der Waals surface area contributed by atoms with Crippen molar-refractivity contribution in [1.82, 2.24) is 5.32 Å². The van der Waals surface area contributed by atoms with Crippen molar-refractivity contribution in [2.24, 2.45) is 0 Å². The third kappa shape index (κ3) is 8.69. The first kappa shape index (κ1) is 14.1. The summed E-state index contributed by atoms with van der Waals surface area (Å²) >= 11 is 0.0416. The molecular weight excluding hydrogens is 211 g/mol. The highest BCUT2D eigenvalue weighted by Gasteiger charge is 2.27. The molecule has 0 saturated heterocycles. The monoisotopic (exact) mass is 229 g/mol. The second kappa shape index (κ2) is 7.40. The number of alkyl halides is 3. The molecule has 1 nitrogen and oxygen atoms in total. The topological polar surface area (TPSA) is 12.0 Å². The van der Waals surface area contributed by atoms with E-state index in [2.05, 4.69) is 12.2 Å². The summed E-state index contributed by atoms with van der Waals surface area (Å²) in [5, 5.41) is 3.12. The zero-order chi connectivity index (χ0) is 11.0. The molecule has 86 valence electrons. The van der Waals surface area contributed by atoms with Crippen LogP contribution >= 0.6 is 11.8 Å². The van der Waals surface area contributed by atoms with Gasteiger partial charge in [0.05, 0.1) is 0 Å². The van der Waals surface area contributed by atoms with Crippen LogP contribution in [0.2, 0.25) is 0 Å². The number of hydrogen-bond donors (Lipinski definition) is 1. The molecule has 14 heavy (non-hydrogen) atoms. The van der Waals surface area contributed by atoms with Gasteiger partial charge in [0.2, 0.25) is 0 Å². The first-order valence-electron chi connectivity index (χ1n) is 4.93. The Kier molecular flexibility index (Phi) is 7.45. The maximum Gasteiger partial charge on any atom is 0.441 e. The molecule has 0 radical (unpaired) electrons. The second-order valence-corrected chi connectivity index (χ2v) is 4.30. The summed E-state index contributed by atoms with van der Waals surface area (Å²) < 4.78 is 35.2. The van der Waals surface area contributed by atoms with E-state index in [4.69, 9.17) is 0 Å². The average Bonchev–Trinajstić information content (AvgIpc) is 2.08. The lowest BCUT2D eigenvalue weighted by molar-refractivity contribution is -0.0327. The van der Waals surface area contributed by atoms with Crippen LogP contribution in [0.15, 0.2) is 0 Å². The minimum Gasteiger partial charge on any atom is -0.313 e. The minimum atomic E-state index is -4.09. The van der Waals surface area contributed by atoms with Crippen LogP contribution in [-0.4, -0.2) is 23.8 Å². The fourth-order valence-electron chi connectivity index (χ4n) is 1.23. The molecule has 0 rings (SSSR count). The van der Waals surface area contributed by atoms with E-state index in [1.807, 2.05) is 6.92 Å². The van der Waals surface area contributed by atoms with Crippen LogP contribution in [0.4, 0.5) is 13.2 Å². The summed E-state index contributed by atoms with van der Waals surface area (Å²) in [5.74, 6) is 0.101. The van der Waals surface area contributed by atoms with E-state index in [9.17, 15) is 13.2 Å². The summed E-state index contributed by atoms with van der Waals surface area (Å²) in [5.41, 5.74) is -4.09. The molecule has 0 aromatic rings. The van der Waals surface area contributed by atoms with Crippen LogP contribution in [-0.2, 0) is 0 Å². The predicted molar refractivity (Wildman–Crippen MR) is 55.5 cm³/mol. The van der Waals surface area contributed by atoms with E-state index in [0.717, 1.165) is 19.3 Å². The zero-order valence-electron chi connectivity index (χ0n) is 8.66. The van der Waals surface area contributed by atoms with Crippen LogP contribution in [0.1, 0.15) is 33.1 Å². The molecule has 0 aliphatic rings. The van der Waals surface area contributed by atoms with Gasteiger partial charge >= 0.3 is 5.51 Å². The molecule has 0 fully saturated rings. The van der Waals surface area contributed by atoms with Crippen molar-refractivity contribution in [1.29, 1.82) is 0 Å². The van der Waals surface area contributed by atoms with Crippen molar-refractivity contribution in [2.75, 3.05) is 12.3 Å². The summed E-state index contributed by atoms with van der Waals surface area (Å²) in [7, 11) is 0. The molecule has 5 heteroatoms. The average molecular weight is 229 g/mol. The van der Waals surface area contributed by atoms with Gasteiger partial charge in [0.1, 0.15) is 0 Å². The van der Waals surface area contributed by atoms with Crippen molar-refractivity contribution >= 4 is 11.8 Å². The highest BCUT2D eigenvalue weighted by molar-refractivity contribution is 8.00. The Morgan fingerprint density at radius 2 is 1.93 bits per heavy atom. The minimum absolute atomic E-state index is 0.0416. The van der Waals surface area contributed by atoms with Gasteiger partial charge in [-0.05, 0) is 24.6 Å². The Morgan fingerprint density at radius 1 is 1.29 bits per heavy atom. The van der Waals surface area contributed by atoms with Gasteiger partial charge in [0.25, 0.3) is 0 Å². The van der Waals surface area contributed by atoms with Gasteiger partial charge in [0.15, 0.2) is 0 Å². The molecule has 0 aromatic carbocycles. The van der Waals surface area contributed by atoms with Crippen molar-refractivity contribution in [3.63, 3.8) is 0 Å². The van der Waals surface area contributed by atoms with Gasteiger partial charge in [-0.1, -0.05) is 20.3 Å². The van der Waals surface area contributed by atoms with Crippen molar-refractivity contribution in [3.8, 4) is 0 Å². The Bertz CT molecular complexity index is 139. The number of rotatable bonds is 7. The van der Waals surface area contributed by atoms with Crippen LogP contribution < -0.4 is 5.32 Å². The second-order valence-electron chi connectivity index (χ2n) is 3.14. The maximum absolute atomic E-state index is 11.7.